The van der Waals surface area contributed by atoms with Crippen LogP contribution >= 0.6 is 0 Å². The fourth-order valence-electron chi connectivity index (χ4n) is 1.42. The van der Waals surface area contributed by atoms with Crippen LogP contribution in [0.5, 0.6) is 0 Å². The Labute approximate surface area is 86.2 Å². The third-order valence-corrected chi connectivity index (χ3v) is 2.40. The van der Waals surface area contributed by atoms with E-state index >= 15 is 0 Å². The lowest BCUT2D eigenvalue weighted by atomic mass is 10.2. The number of likely N-dealkylation sites (N-methyl/N-ethyl adjacent to an activating group) is 1. The Hall–Kier alpha value is -1.02. The number of anilines is 1. The molecule has 78 valence electrons. The molecule has 1 aromatic carbocycles. The predicted molar refractivity (Wildman–Crippen MR) is 60.7 cm³/mol. The molecule has 0 aliphatic heterocycles. The Kier molecular flexibility index (Phi) is 3.96. The van der Waals surface area contributed by atoms with Crippen LogP contribution < -0.4 is 4.90 Å². The van der Waals surface area contributed by atoms with Crippen LogP contribution in [-0.2, 0) is 0 Å². The van der Waals surface area contributed by atoms with Gasteiger partial charge in [0.2, 0.25) is 0 Å². The second kappa shape index (κ2) is 5.01. The maximum absolute atomic E-state index is 9.52. The fourth-order valence-corrected chi connectivity index (χ4v) is 1.42. The van der Waals surface area contributed by atoms with Gasteiger partial charge in [-0.05, 0) is 31.0 Å². The molecule has 0 bridgehead atoms. The summed E-state index contributed by atoms with van der Waals surface area (Å²) in [7, 11) is 2.01. The molecule has 0 fully saturated rings. The van der Waals surface area contributed by atoms with E-state index < -0.39 is 0 Å². The summed E-state index contributed by atoms with van der Waals surface area (Å²) < 4.78 is 0. The van der Waals surface area contributed by atoms with Gasteiger partial charge in [0.05, 0.1) is 6.10 Å². The molecule has 0 aromatic heterocycles. The van der Waals surface area contributed by atoms with Gasteiger partial charge in [-0.25, -0.2) is 0 Å². The van der Waals surface area contributed by atoms with E-state index in [-0.39, 0.29) is 6.10 Å². The third kappa shape index (κ3) is 3.04. The number of aliphatic hydroxyl groups excluding tert-OH is 1. The summed E-state index contributed by atoms with van der Waals surface area (Å²) in [5.74, 6) is 0. The zero-order valence-electron chi connectivity index (χ0n) is 9.20. The average molecular weight is 193 g/mol. The van der Waals surface area contributed by atoms with Crippen LogP contribution in [0.1, 0.15) is 18.9 Å². The lowest BCUT2D eigenvalue weighted by Crippen LogP contribution is -2.28. The lowest BCUT2D eigenvalue weighted by Gasteiger charge is -2.22. The summed E-state index contributed by atoms with van der Waals surface area (Å²) in [5, 5.41) is 9.52. The molecule has 0 saturated heterocycles. The van der Waals surface area contributed by atoms with Crippen molar-refractivity contribution in [2.24, 2.45) is 0 Å². The Morgan fingerprint density at radius 2 is 2.14 bits per heavy atom. The van der Waals surface area contributed by atoms with Crippen molar-refractivity contribution in [2.75, 3.05) is 18.5 Å². The van der Waals surface area contributed by atoms with Crippen LogP contribution in [0, 0.1) is 6.92 Å². The first kappa shape index (κ1) is 11.1. The Morgan fingerprint density at radius 3 is 2.71 bits per heavy atom. The first-order chi connectivity index (χ1) is 6.63. The standard InChI is InChI=1S/C12H19NO/c1-4-12(14)9-13(3)11-7-5-6-10(2)8-11/h5-8,12,14H,4,9H2,1-3H3. The van der Waals surface area contributed by atoms with Crippen LogP contribution in [0.25, 0.3) is 0 Å². The molecular weight excluding hydrogens is 174 g/mol. The number of hydrogen-bond donors (Lipinski definition) is 1. The summed E-state index contributed by atoms with van der Waals surface area (Å²) in [6.45, 7) is 4.77. The van der Waals surface area contributed by atoms with Gasteiger partial charge in [0, 0.05) is 19.3 Å². The van der Waals surface area contributed by atoms with Crippen LogP contribution in [-0.4, -0.2) is 24.8 Å². The molecule has 0 spiro atoms. The molecule has 0 aliphatic carbocycles. The second-order valence-corrected chi connectivity index (χ2v) is 3.78. The van der Waals surface area contributed by atoms with E-state index in [9.17, 15) is 5.11 Å². The number of hydrogen-bond acceptors (Lipinski definition) is 2. The molecule has 1 unspecified atom stereocenters. The lowest BCUT2D eigenvalue weighted by molar-refractivity contribution is 0.177. The van der Waals surface area contributed by atoms with Gasteiger partial charge in [-0.2, -0.15) is 0 Å². The van der Waals surface area contributed by atoms with E-state index in [1.165, 1.54) is 5.56 Å². The Morgan fingerprint density at radius 1 is 1.43 bits per heavy atom. The van der Waals surface area contributed by atoms with Gasteiger partial charge in [0.25, 0.3) is 0 Å². The minimum absolute atomic E-state index is 0.236. The van der Waals surface area contributed by atoms with Gasteiger partial charge < -0.3 is 10.0 Å². The Bertz CT molecular complexity index is 285. The highest BCUT2D eigenvalue weighted by Crippen LogP contribution is 2.14. The van der Waals surface area contributed by atoms with Gasteiger partial charge in [0.15, 0.2) is 0 Å². The minimum Gasteiger partial charge on any atom is -0.391 e. The van der Waals surface area contributed by atoms with Crippen LogP contribution in [0.15, 0.2) is 24.3 Å². The molecule has 0 radical (unpaired) electrons. The van der Waals surface area contributed by atoms with E-state index in [4.69, 9.17) is 0 Å². The number of aryl methyl sites for hydroxylation is 1. The monoisotopic (exact) mass is 193 g/mol. The van der Waals surface area contributed by atoms with Crippen LogP contribution in [0.4, 0.5) is 5.69 Å². The van der Waals surface area contributed by atoms with Gasteiger partial charge in [-0.3, -0.25) is 0 Å². The molecule has 1 aromatic rings. The smallest absolute Gasteiger partial charge is 0.0712 e. The maximum atomic E-state index is 9.52. The largest absolute Gasteiger partial charge is 0.391 e. The minimum atomic E-state index is -0.236. The molecule has 0 amide bonds. The number of nitrogens with zero attached hydrogens (tertiary/aromatic N) is 1. The molecule has 0 saturated carbocycles. The molecule has 0 aliphatic rings. The maximum Gasteiger partial charge on any atom is 0.0712 e. The molecule has 2 nitrogen and oxygen atoms in total. The van der Waals surface area contributed by atoms with Crippen molar-refractivity contribution in [1.82, 2.24) is 0 Å². The van der Waals surface area contributed by atoms with Crippen molar-refractivity contribution in [3.63, 3.8) is 0 Å². The van der Waals surface area contributed by atoms with Gasteiger partial charge in [-0.15, -0.1) is 0 Å². The van der Waals surface area contributed by atoms with E-state index in [1.54, 1.807) is 0 Å². The molecular formula is C12H19NO. The second-order valence-electron chi connectivity index (χ2n) is 3.78. The van der Waals surface area contributed by atoms with Crippen molar-refractivity contribution < 1.29 is 5.11 Å². The number of benzene rings is 1. The first-order valence-corrected chi connectivity index (χ1v) is 5.09. The summed E-state index contributed by atoms with van der Waals surface area (Å²) in [4.78, 5) is 2.08. The topological polar surface area (TPSA) is 23.5 Å². The zero-order valence-corrected chi connectivity index (χ0v) is 9.20. The van der Waals surface area contributed by atoms with Crippen LogP contribution in [0.3, 0.4) is 0 Å². The van der Waals surface area contributed by atoms with E-state index in [2.05, 4.69) is 30.0 Å². The number of rotatable bonds is 4. The summed E-state index contributed by atoms with van der Waals surface area (Å²) >= 11 is 0. The van der Waals surface area contributed by atoms with Gasteiger partial charge in [-0.1, -0.05) is 19.1 Å². The zero-order chi connectivity index (χ0) is 10.6. The Balaban J connectivity index is 2.64. The van der Waals surface area contributed by atoms with Gasteiger partial charge >= 0.3 is 0 Å². The fraction of sp³-hybridized carbons (Fsp3) is 0.500. The first-order valence-electron chi connectivity index (χ1n) is 5.09. The molecule has 1 N–H and O–H groups in total. The van der Waals surface area contributed by atoms with E-state index in [0.717, 1.165) is 12.1 Å². The van der Waals surface area contributed by atoms with E-state index in [1.807, 2.05) is 20.0 Å². The molecule has 1 rings (SSSR count). The van der Waals surface area contributed by atoms with Crippen molar-refractivity contribution in [1.29, 1.82) is 0 Å². The third-order valence-electron chi connectivity index (χ3n) is 2.40. The van der Waals surface area contributed by atoms with Crippen molar-refractivity contribution in [3.05, 3.63) is 29.8 Å². The summed E-state index contributed by atoms with van der Waals surface area (Å²) in [5.41, 5.74) is 2.41. The van der Waals surface area contributed by atoms with Crippen molar-refractivity contribution in [2.45, 2.75) is 26.4 Å². The molecule has 2 heteroatoms. The summed E-state index contributed by atoms with van der Waals surface area (Å²) in [6, 6.07) is 8.31. The van der Waals surface area contributed by atoms with Crippen molar-refractivity contribution in [3.8, 4) is 0 Å². The van der Waals surface area contributed by atoms with Crippen LogP contribution in [0.2, 0.25) is 0 Å². The van der Waals surface area contributed by atoms with Crippen molar-refractivity contribution >= 4 is 5.69 Å². The predicted octanol–water partition coefficient (Wildman–Crippen LogP) is 2.20. The number of aliphatic hydroxyl groups is 1. The summed E-state index contributed by atoms with van der Waals surface area (Å²) in [6.07, 6.45) is 0.566. The average Bonchev–Trinajstić information content (AvgIpc) is 2.17. The van der Waals surface area contributed by atoms with E-state index in [0.29, 0.717) is 6.54 Å². The quantitative estimate of drug-likeness (QED) is 0.792. The molecule has 1 atom stereocenters. The van der Waals surface area contributed by atoms with Gasteiger partial charge in [0.1, 0.15) is 0 Å². The highest BCUT2D eigenvalue weighted by atomic mass is 16.3. The highest BCUT2D eigenvalue weighted by Gasteiger charge is 2.06. The highest BCUT2D eigenvalue weighted by molar-refractivity contribution is 5.47. The SMILES string of the molecule is CCC(O)CN(C)c1cccc(C)c1. The normalized spacial score (nSPS) is 12.6. The molecule has 14 heavy (non-hydrogen) atoms. The molecule has 0 heterocycles.